The van der Waals surface area contributed by atoms with Gasteiger partial charge in [-0.2, -0.15) is 10.4 Å². The zero-order chi connectivity index (χ0) is 15.6. The maximum absolute atomic E-state index is 12.3. The third-order valence-corrected chi connectivity index (χ3v) is 3.73. The average molecular weight is 290 g/mol. The van der Waals surface area contributed by atoms with Gasteiger partial charge in [-0.3, -0.25) is 9.48 Å². The van der Waals surface area contributed by atoms with E-state index in [1.54, 1.807) is 18.0 Å². The standard InChI is InChI=1S/C15H22N4O2/c1-15(2,3)19-13(20)7-11(8-16)14(19)12-9-17-18(10-12)5-6-21-4/h9-11,14H,5-7H2,1-4H3/t11-,14+/m0/s1. The summed E-state index contributed by atoms with van der Waals surface area (Å²) in [4.78, 5) is 14.1. The van der Waals surface area contributed by atoms with Crippen LogP contribution in [0.5, 0.6) is 0 Å². The molecule has 2 rings (SSSR count). The van der Waals surface area contributed by atoms with E-state index < -0.39 is 0 Å². The first kappa shape index (κ1) is 15.5. The van der Waals surface area contributed by atoms with Crippen molar-refractivity contribution in [2.24, 2.45) is 5.92 Å². The third-order valence-electron chi connectivity index (χ3n) is 3.73. The Morgan fingerprint density at radius 3 is 2.81 bits per heavy atom. The molecule has 1 aromatic heterocycles. The number of aromatic nitrogens is 2. The second-order valence-corrected chi connectivity index (χ2v) is 6.35. The molecule has 1 amide bonds. The summed E-state index contributed by atoms with van der Waals surface area (Å²) in [5.41, 5.74) is 0.598. The number of hydrogen-bond acceptors (Lipinski definition) is 4. The molecular weight excluding hydrogens is 268 g/mol. The summed E-state index contributed by atoms with van der Waals surface area (Å²) in [5.74, 6) is -0.291. The summed E-state index contributed by atoms with van der Waals surface area (Å²) in [6, 6.07) is 2.05. The van der Waals surface area contributed by atoms with Gasteiger partial charge in [0.1, 0.15) is 0 Å². The minimum Gasteiger partial charge on any atom is -0.383 e. The minimum absolute atomic E-state index is 0.0312. The van der Waals surface area contributed by atoms with Crippen LogP contribution in [0.4, 0.5) is 0 Å². The number of hydrogen-bond donors (Lipinski definition) is 0. The van der Waals surface area contributed by atoms with Gasteiger partial charge >= 0.3 is 0 Å². The van der Waals surface area contributed by atoms with Gasteiger partial charge in [-0.15, -0.1) is 0 Å². The highest BCUT2D eigenvalue weighted by molar-refractivity contribution is 5.81. The Balaban J connectivity index is 2.31. The Kier molecular flexibility index (Phi) is 4.33. The van der Waals surface area contributed by atoms with Gasteiger partial charge in [-0.05, 0) is 20.8 Å². The first-order valence-electron chi connectivity index (χ1n) is 7.11. The molecule has 1 aliphatic rings. The Morgan fingerprint density at radius 2 is 2.24 bits per heavy atom. The Bertz CT molecular complexity index is 553. The quantitative estimate of drug-likeness (QED) is 0.847. The van der Waals surface area contributed by atoms with Crippen LogP contribution < -0.4 is 0 Å². The van der Waals surface area contributed by atoms with E-state index in [4.69, 9.17) is 4.74 Å². The molecule has 0 aliphatic carbocycles. The molecule has 0 aromatic carbocycles. The van der Waals surface area contributed by atoms with E-state index in [9.17, 15) is 10.1 Å². The fraction of sp³-hybridized carbons (Fsp3) is 0.667. The van der Waals surface area contributed by atoms with Crippen LogP contribution in [0.15, 0.2) is 12.4 Å². The summed E-state index contributed by atoms with van der Waals surface area (Å²) < 4.78 is 6.83. The van der Waals surface area contributed by atoms with Crippen molar-refractivity contribution >= 4 is 5.91 Å². The number of carbonyl (C=O) groups is 1. The van der Waals surface area contributed by atoms with Gasteiger partial charge in [0.05, 0.1) is 37.4 Å². The highest BCUT2D eigenvalue weighted by Crippen LogP contribution is 2.41. The summed E-state index contributed by atoms with van der Waals surface area (Å²) in [6.45, 7) is 7.21. The second-order valence-electron chi connectivity index (χ2n) is 6.35. The van der Waals surface area contributed by atoms with E-state index >= 15 is 0 Å². The van der Waals surface area contributed by atoms with E-state index in [2.05, 4.69) is 11.2 Å². The van der Waals surface area contributed by atoms with Crippen molar-refractivity contribution < 1.29 is 9.53 Å². The number of methoxy groups -OCH3 is 1. The molecule has 0 unspecified atom stereocenters. The number of rotatable bonds is 4. The van der Waals surface area contributed by atoms with Crippen LogP contribution >= 0.6 is 0 Å². The average Bonchev–Trinajstić information content (AvgIpc) is 2.98. The molecule has 6 heteroatoms. The number of carbonyl (C=O) groups excluding carboxylic acids is 1. The zero-order valence-electron chi connectivity index (χ0n) is 13.0. The fourth-order valence-electron chi connectivity index (χ4n) is 2.86. The molecule has 0 radical (unpaired) electrons. The molecule has 0 bridgehead atoms. The summed E-state index contributed by atoms with van der Waals surface area (Å²) >= 11 is 0. The smallest absolute Gasteiger partial charge is 0.224 e. The molecular formula is C15H22N4O2. The van der Waals surface area contributed by atoms with Gasteiger partial charge < -0.3 is 9.64 Å². The topological polar surface area (TPSA) is 71.2 Å². The third kappa shape index (κ3) is 3.08. The van der Waals surface area contributed by atoms with Gasteiger partial charge in [0, 0.05) is 30.8 Å². The minimum atomic E-state index is -0.322. The Morgan fingerprint density at radius 1 is 1.52 bits per heavy atom. The van der Waals surface area contributed by atoms with E-state index in [0.29, 0.717) is 13.2 Å². The van der Waals surface area contributed by atoms with Crippen molar-refractivity contribution in [3.05, 3.63) is 18.0 Å². The number of nitriles is 1. The lowest BCUT2D eigenvalue weighted by molar-refractivity contribution is -0.133. The van der Waals surface area contributed by atoms with Crippen molar-refractivity contribution in [2.75, 3.05) is 13.7 Å². The van der Waals surface area contributed by atoms with Gasteiger partial charge in [0.15, 0.2) is 0 Å². The summed E-state index contributed by atoms with van der Waals surface area (Å²) in [7, 11) is 1.65. The molecule has 1 aromatic rings. The molecule has 1 saturated heterocycles. The first-order valence-corrected chi connectivity index (χ1v) is 7.11. The molecule has 6 nitrogen and oxygen atoms in total. The molecule has 2 heterocycles. The van der Waals surface area contributed by atoms with Crippen LogP contribution in [0.1, 0.15) is 38.8 Å². The van der Waals surface area contributed by atoms with E-state index in [1.165, 1.54) is 0 Å². The largest absolute Gasteiger partial charge is 0.383 e. The second kappa shape index (κ2) is 5.86. The van der Waals surface area contributed by atoms with Crippen LogP contribution in [0, 0.1) is 17.2 Å². The monoisotopic (exact) mass is 290 g/mol. The van der Waals surface area contributed by atoms with Gasteiger partial charge in [0.25, 0.3) is 0 Å². The van der Waals surface area contributed by atoms with E-state index in [0.717, 1.165) is 5.56 Å². The molecule has 0 N–H and O–H groups in total. The van der Waals surface area contributed by atoms with E-state index in [-0.39, 0.29) is 29.8 Å². The molecule has 0 spiro atoms. The number of nitrogens with zero attached hydrogens (tertiary/aromatic N) is 4. The maximum Gasteiger partial charge on any atom is 0.224 e. The molecule has 21 heavy (non-hydrogen) atoms. The van der Waals surface area contributed by atoms with Crippen LogP contribution in [0.2, 0.25) is 0 Å². The van der Waals surface area contributed by atoms with Gasteiger partial charge in [-0.25, -0.2) is 0 Å². The summed E-state index contributed by atoms with van der Waals surface area (Å²) in [5, 5.41) is 13.7. The number of likely N-dealkylation sites (tertiary alicyclic amines) is 1. The molecule has 1 aliphatic heterocycles. The zero-order valence-corrected chi connectivity index (χ0v) is 13.0. The highest BCUT2D eigenvalue weighted by Gasteiger charge is 2.46. The van der Waals surface area contributed by atoms with Crippen LogP contribution in [-0.2, 0) is 16.1 Å². The Labute approximate surface area is 125 Å². The van der Waals surface area contributed by atoms with Crippen molar-refractivity contribution in [3.8, 4) is 6.07 Å². The fourth-order valence-corrected chi connectivity index (χ4v) is 2.86. The first-order chi connectivity index (χ1) is 9.88. The lowest BCUT2D eigenvalue weighted by Crippen LogP contribution is -2.44. The number of amides is 1. The number of ether oxygens (including phenoxy) is 1. The molecule has 1 fully saturated rings. The molecule has 114 valence electrons. The maximum atomic E-state index is 12.3. The van der Waals surface area contributed by atoms with Crippen molar-refractivity contribution in [2.45, 2.75) is 45.3 Å². The van der Waals surface area contributed by atoms with Crippen molar-refractivity contribution in [3.63, 3.8) is 0 Å². The van der Waals surface area contributed by atoms with Crippen LogP contribution in [0.3, 0.4) is 0 Å². The predicted octanol–water partition coefficient (Wildman–Crippen LogP) is 1.74. The molecule has 2 atom stereocenters. The predicted molar refractivity (Wildman–Crippen MR) is 77.2 cm³/mol. The normalized spacial score (nSPS) is 22.6. The Hall–Kier alpha value is -1.87. The van der Waals surface area contributed by atoms with E-state index in [1.807, 2.05) is 31.9 Å². The lowest BCUT2D eigenvalue weighted by atomic mass is 9.95. The van der Waals surface area contributed by atoms with Crippen molar-refractivity contribution in [1.29, 1.82) is 5.26 Å². The SMILES string of the molecule is COCCn1cc([C@H]2[C@H](C#N)CC(=O)N2C(C)(C)C)cn1. The summed E-state index contributed by atoms with van der Waals surface area (Å²) in [6.07, 6.45) is 3.94. The van der Waals surface area contributed by atoms with Gasteiger partial charge in [0.2, 0.25) is 5.91 Å². The van der Waals surface area contributed by atoms with Crippen LogP contribution in [-0.4, -0.2) is 39.8 Å². The molecule has 0 saturated carbocycles. The van der Waals surface area contributed by atoms with Crippen LogP contribution in [0.25, 0.3) is 0 Å². The lowest BCUT2D eigenvalue weighted by Gasteiger charge is -2.37. The van der Waals surface area contributed by atoms with Crippen molar-refractivity contribution in [1.82, 2.24) is 14.7 Å². The van der Waals surface area contributed by atoms with Gasteiger partial charge in [-0.1, -0.05) is 0 Å². The highest BCUT2D eigenvalue weighted by atomic mass is 16.5.